The Morgan fingerprint density at radius 1 is 1.35 bits per heavy atom. The fourth-order valence-corrected chi connectivity index (χ4v) is 3.24. The third-order valence-electron chi connectivity index (χ3n) is 4.61. The highest BCUT2D eigenvalue weighted by Crippen LogP contribution is 2.17. The van der Waals surface area contributed by atoms with Crippen molar-refractivity contribution in [3.05, 3.63) is 30.2 Å². The first-order chi connectivity index (χ1) is 11.1. The van der Waals surface area contributed by atoms with Gasteiger partial charge in [-0.05, 0) is 51.0 Å². The maximum Gasteiger partial charge on any atom is 0.209 e. The molecule has 0 saturated carbocycles. The summed E-state index contributed by atoms with van der Waals surface area (Å²) in [4.78, 5) is 8.93. The monoisotopic (exact) mass is 317 g/mol. The maximum absolute atomic E-state index is 10.3. The van der Waals surface area contributed by atoms with Gasteiger partial charge < -0.3 is 14.4 Å². The van der Waals surface area contributed by atoms with E-state index in [0.717, 1.165) is 36.7 Å². The summed E-state index contributed by atoms with van der Waals surface area (Å²) in [6.45, 7) is 6.51. The van der Waals surface area contributed by atoms with Gasteiger partial charge in [0.05, 0.1) is 12.6 Å². The van der Waals surface area contributed by atoms with Gasteiger partial charge in [-0.15, -0.1) is 0 Å². The van der Waals surface area contributed by atoms with Crippen molar-refractivity contribution in [1.29, 1.82) is 0 Å². The maximum atomic E-state index is 10.3. The molecule has 1 N–H and O–H groups in total. The van der Waals surface area contributed by atoms with E-state index in [2.05, 4.69) is 21.7 Å². The van der Waals surface area contributed by atoms with Crippen molar-refractivity contribution < 1.29 is 9.52 Å². The van der Waals surface area contributed by atoms with Crippen molar-refractivity contribution in [2.45, 2.75) is 32.4 Å². The molecule has 0 bridgehead atoms. The van der Waals surface area contributed by atoms with Gasteiger partial charge in [-0.2, -0.15) is 0 Å². The van der Waals surface area contributed by atoms with E-state index < -0.39 is 0 Å². The van der Waals surface area contributed by atoms with Gasteiger partial charge in [0, 0.05) is 13.1 Å². The predicted octanol–water partition coefficient (Wildman–Crippen LogP) is 2.35. The standard InChI is InChI=1S/C18H27N3O2/c1-14-7-9-21(10-8-14)12-15(22)11-20(2)13-18-19-16-5-3-4-6-17(16)23-18/h3-6,14-15,22H,7-13H2,1-2H3. The van der Waals surface area contributed by atoms with Crippen molar-refractivity contribution in [3.63, 3.8) is 0 Å². The molecule has 1 unspecified atom stereocenters. The van der Waals surface area contributed by atoms with E-state index in [-0.39, 0.29) is 6.10 Å². The van der Waals surface area contributed by atoms with Gasteiger partial charge in [0.25, 0.3) is 0 Å². The van der Waals surface area contributed by atoms with Crippen LogP contribution in [-0.4, -0.2) is 59.2 Å². The average molecular weight is 317 g/mol. The Kier molecular flexibility index (Phi) is 5.30. The van der Waals surface area contributed by atoms with Crippen molar-refractivity contribution in [2.75, 3.05) is 33.2 Å². The molecule has 2 heterocycles. The van der Waals surface area contributed by atoms with Crippen LogP contribution in [0.15, 0.2) is 28.7 Å². The first kappa shape index (κ1) is 16.4. The van der Waals surface area contributed by atoms with Gasteiger partial charge in [0.1, 0.15) is 5.52 Å². The molecule has 0 amide bonds. The van der Waals surface area contributed by atoms with E-state index in [0.29, 0.717) is 19.0 Å². The molecule has 1 saturated heterocycles. The number of piperidine rings is 1. The van der Waals surface area contributed by atoms with Crippen molar-refractivity contribution in [2.24, 2.45) is 5.92 Å². The topological polar surface area (TPSA) is 52.7 Å². The molecule has 126 valence electrons. The Labute approximate surface area is 137 Å². The number of rotatable bonds is 6. The van der Waals surface area contributed by atoms with E-state index in [9.17, 15) is 5.11 Å². The van der Waals surface area contributed by atoms with Gasteiger partial charge in [-0.25, -0.2) is 4.98 Å². The molecule has 1 aliphatic rings. The quantitative estimate of drug-likeness (QED) is 0.886. The molecular formula is C18H27N3O2. The number of likely N-dealkylation sites (tertiary alicyclic amines) is 1. The molecule has 5 heteroatoms. The molecule has 0 spiro atoms. The fraction of sp³-hybridized carbons (Fsp3) is 0.611. The van der Waals surface area contributed by atoms with Crippen LogP contribution in [-0.2, 0) is 6.54 Å². The summed E-state index contributed by atoms with van der Waals surface area (Å²) in [7, 11) is 2.00. The van der Waals surface area contributed by atoms with Gasteiger partial charge in [-0.3, -0.25) is 4.90 Å². The number of aromatic nitrogens is 1. The fourth-order valence-electron chi connectivity index (χ4n) is 3.24. The van der Waals surface area contributed by atoms with E-state index in [1.54, 1.807) is 0 Å². The first-order valence-electron chi connectivity index (χ1n) is 8.53. The number of likely N-dealkylation sites (N-methyl/N-ethyl adjacent to an activating group) is 1. The number of β-amino-alcohol motifs (C(OH)–C–C–N with tert-alkyl or cyclic N) is 1. The number of aliphatic hydroxyl groups excluding tert-OH is 1. The summed E-state index contributed by atoms with van der Waals surface area (Å²) in [6.07, 6.45) is 2.15. The van der Waals surface area contributed by atoms with Crippen LogP contribution in [0, 0.1) is 5.92 Å². The highest BCUT2D eigenvalue weighted by atomic mass is 16.3. The van der Waals surface area contributed by atoms with E-state index in [1.165, 1.54) is 12.8 Å². The third-order valence-corrected chi connectivity index (χ3v) is 4.61. The normalized spacial score (nSPS) is 18.8. The number of fused-ring (bicyclic) bond motifs is 1. The van der Waals surface area contributed by atoms with Crippen LogP contribution in [0.2, 0.25) is 0 Å². The van der Waals surface area contributed by atoms with Gasteiger partial charge in [0.15, 0.2) is 5.58 Å². The molecule has 0 aliphatic carbocycles. The molecular weight excluding hydrogens is 290 g/mol. The highest BCUT2D eigenvalue weighted by molar-refractivity contribution is 5.72. The van der Waals surface area contributed by atoms with Crippen molar-refractivity contribution >= 4 is 11.1 Å². The average Bonchev–Trinajstić information content (AvgIpc) is 2.91. The number of hydrogen-bond donors (Lipinski definition) is 1. The molecule has 2 aromatic rings. The van der Waals surface area contributed by atoms with E-state index in [1.807, 2.05) is 31.3 Å². The number of oxazole rings is 1. The molecule has 1 aromatic carbocycles. The number of hydrogen-bond acceptors (Lipinski definition) is 5. The molecule has 1 fully saturated rings. The van der Waals surface area contributed by atoms with Gasteiger partial charge >= 0.3 is 0 Å². The molecule has 0 radical (unpaired) electrons. The number of benzene rings is 1. The first-order valence-corrected chi connectivity index (χ1v) is 8.53. The number of para-hydroxylation sites is 2. The third kappa shape index (κ3) is 4.53. The minimum Gasteiger partial charge on any atom is -0.439 e. The summed E-state index contributed by atoms with van der Waals surface area (Å²) in [5.41, 5.74) is 1.71. The highest BCUT2D eigenvalue weighted by Gasteiger charge is 2.19. The SMILES string of the molecule is CC1CCN(CC(O)CN(C)Cc2nc3ccccc3o2)CC1. The lowest BCUT2D eigenvalue weighted by molar-refractivity contribution is 0.0645. The summed E-state index contributed by atoms with van der Waals surface area (Å²) in [5.74, 6) is 1.53. The van der Waals surface area contributed by atoms with Crippen LogP contribution in [0.25, 0.3) is 11.1 Å². The summed E-state index contributed by atoms with van der Waals surface area (Å²) < 4.78 is 5.74. The van der Waals surface area contributed by atoms with Crippen LogP contribution in [0.1, 0.15) is 25.7 Å². The van der Waals surface area contributed by atoms with Crippen LogP contribution in [0.4, 0.5) is 0 Å². The minimum atomic E-state index is -0.335. The smallest absolute Gasteiger partial charge is 0.209 e. The Hall–Kier alpha value is -1.43. The van der Waals surface area contributed by atoms with E-state index in [4.69, 9.17) is 4.42 Å². The molecule has 5 nitrogen and oxygen atoms in total. The second-order valence-corrected chi connectivity index (χ2v) is 6.91. The van der Waals surface area contributed by atoms with Crippen LogP contribution >= 0.6 is 0 Å². The Balaban J connectivity index is 1.47. The Bertz CT molecular complexity index is 587. The summed E-state index contributed by atoms with van der Waals surface area (Å²) in [5, 5.41) is 10.3. The Morgan fingerprint density at radius 2 is 2.09 bits per heavy atom. The Morgan fingerprint density at radius 3 is 2.83 bits per heavy atom. The largest absolute Gasteiger partial charge is 0.439 e. The zero-order chi connectivity index (χ0) is 16.2. The van der Waals surface area contributed by atoms with Crippen LogP contribution in [0.3, 0.4) is 0 Å². The summed E-state index contributed by atoms with van der Waals surface area (Å²) >= 11 is 0. The van der Waals surface area contributed by atoms with Crippen LogP contribution in [0.5, 0.6) is 0 Å². The molecule has 1 aliphatic heterocycles. The minimum absolute atomic E-state index is 0.335. The van der Waals surface area contributed by atoms with Crippen molar-refractivity contribution in [3.8, 4) is 0 Å². The second kappa shape index (κ2) is 7.43. The van der Waals surface area contributed by atoms with Crippen LogP contribution < -0.4 is 0 Å². The predicted molar refractivity (Wildman–Crippen MR) is 91.2 cm³/mol. The zero-order valence-electron chi connectivity index (χ0n) is 14.1. The molecule has 1 aromatic heterocycles. The lowest BCUT2D eigenvalue weighted by atomic mass is 9.99. The lowest BCUT2D eigenvalue weighted by Gasteiger charge is -2.32. The number of aliphatic hydroxyl groups is 1. The lowest BCUT2D eigenvalue weighted by Crippen LogP contribution is -2.42. The second-order valence-electron chi connectivity index (χ2n) is 6.91. The summed E-state index contributed by atoms with van der Waals surface area (Å²) in [6, 6.07) is 7.79. The number of nitrogens with zero attached hydrogens (tertiary/aromatic N) is 3. The molecule has 1 atom stereocenters. The van der Waals surface area contributed by atoms with E-state index >= 15 is 0 Å². The molecule has 3 rings (SSSR count). The van der Waals surface area contributed by atoms with Gasteiger partial charge in [0.2, 0.25) is 5.89 Å². The van der Waals surface area contributed by atoms with Gasteiger partial charge in [-0.1, -0.05) is 19.1 Å². The molecule has 23 heavy (non-hydrogen) atoms. The zero-order valence-corrected chi connectivity index (χ0v) is 14.1. The van der Waals surface area contributed by atoms with Crippen molar-refractivity contribution in [1.82, 2.24) is 14.8 Å².